The van der Waals surface area contributed by atoms with Gasteiger partial charge in [0.15, 0.2) is 0 Å². The van der Waals surface area contributed by atoms with Crippen LogP contribution in [0.5, 0.6) is 0 Å². The Morgan fingerprint density at radius 1 is 1.30 bits per heavy atom. The number of fused-ring (bicyclic) bond motifs is 1. The Morgan fingerprint density at radius 2 is 2.10 bits per heavy atom. The van der Waals surface area contributed by atoms with E-state index in [0.29, 0.717) is 18.6 Å². The number of hydrogen-bond donors (Lipinski definition) is 2. The molecule has 0 spiro atoms. The number of rotatable bonds is 4. The van der Waals surface area contributed by atoms with Gasteiger partial charge in [-0.1, -0.05) is 18.2 Å². The van der Waals surface area contributed by atoms with Gasteiger partial charge in [-0.15, -0.1) is 0 Å². The predicted molar refractivity (Wildman–Crippen MR) is 80.9 cm³/mol. The van der Waals surface area contributed by atoms with Crippen molar-refractivity contribution in [2.24, 2.45) is 0 Å². The first-order valence-corrected chi connectivity index (χ1v) is 7.58. The van der Waals surface area contributed by atoms with Gasteiger partial charge in [-0.3, -0.25) is 4.79 Å². The first-order valence-electron chi connectivity index (χ1n) is 7.58. The molecule has 4 heteroatoms. The highest BCUT2D eigenvalue weighted by molar-refractivity contribution is 5.82. The van der Waals surface area contributed by atoms with Gasteiger partial charge in [-0.05, 0) is 44.4 Å². The number of hydrogen-bond acceptors (Lipinski definition) is 3. The molecular weight excluding hydrogens is 250 g/mol. The number of para-hydroxylation sites is 1. The highest BCUT2D eigenvalue weighted by Crippen LogP contribution is 2.32. The van der Waals surface area contributed by atoms with E-state index in [1.54, 1.807) is 0 Å². The molecule has 4 nitrogen and oxygen atoms in total. The fraction of sp³-hybridized carbons (Fsp3) is 0.562. The van der Waals surface area contributed by atoms with E-state index in [0.717, 1.165) is 32.2 Å². The molecule has 1 amide bonds. The molecule has 0 radical (unpaired) electrons. The lowest BCUT2D eigenvalue weighted by molar-refractivity contribution is -0.119. The van der Waals surface area contributed by atoms with Crippen molar-refractivity contribution in [1.29, 1.82) is 0 Å². The maximum absolute atomic E-state index is 12.1. The van der Waals surface area contributed by atoms with Gasteiger partial charge >= 0.3 is 0 Å². The molecule has 1 atom stereocenters. The van der Waals surface area contributed by atoms with Crippen LogP contribution >= 0.6 is 0 Å². The minimum absolute atomic E-state index is 0.158. The zero-order chi connectivity index (χ0) is 13.9. The third-order valence-corrected chi connectivity index (χ3v) is 4.20. The average Bonchev–Trinajstić information content (AvgIpc) is 3.27. The largest absolute Gasteiger partial charge is 0.362 e. The Labute approximate surface area is 120 Å². The third kappa shape index (κ3) is 2.96. The lowest BCUT2D eigenvalue weighted by atomic mass is 10.0. The second kappa shape index (κ2) is 5.83. The zero-order valence-electron chi connectivity index (χ0n) is 12.1. The summed E-state index contributed by atoms with van der Waals surface area (Å²) >= 11 is 0. The van der Waals surface area contributed by atoms with Gasteiger partial charge < -0.3 is 15.5 Å². The molecule has 3 rings (SSSR count). The Morgan fingerprint density at radius 3 is 2.85 bits per heavy atom. The lowest BCUT2D eigenvalue weighted by Gasteiger charge is -2.25. The monoisotopic (exact) mass is 273 g/mol. The van der Waals surface area contributed by atoms with Gasteiger partial charge in [-0.2, -0.15) is 0 Å². The van der Waals surface area contributed by atoms with E-state index < -0.39 is 0 Å². The van der Waals surface area contributed by atoms with E-state index in [1.807, 2.05) is 7.05 Å². The molecule has 0 saturated heterocycles. The fourth-order valence-corrected chi connectivity index (χ4v) is 2.97. The Bertz CT molecular complexity index is 484. The van der Waals surface area contributed by atoms with Gasteiger partial charge in [0.1, 0.15) is 0 Å². The van der Waals surface area contributed by atoms with Crippen LogP contribution in [0, 0.1) is 0 Å². The summed E-state index contributed by atoms with van der Waals surface area (Å²) in [6.07, 6.45) is 4.51. The highest BCUT2D eigenvalue weighted by Gasteiger charge is 2.26. The maximum Gasteiger partial charge on any atom is 0.239 e. The van der Waals surface area contributed by atoms with Crippen molar-refractivity contribution in [2.45, 2.75) is 37.8 Å². The molecule has 108 valence electrons. The Balaban J connectivity index is 1.77. The van der Waals surface area contributed by atoms with Gasteiger partial charge in [0.05, 0.1) is 6.54 Å². The second-order valence-corrected chi connectivity index (χ2v) is 5.81. The van der Waals surface area contributed by atoms with Gasteiger partial charge in [0.25, 0.3) is 0 Å². The SMILES string of the molecule is CNC1CCCN(CC(=O)NC2CC2)c2ccccc21. The van der Waals surface area contributed by atoms with Crippen molar-refractivity contribution >= 4 is 11.6 Å². The molecule has 1 unspecified atom stereocenters. The molecule has 1 heterocycles. The van der Waals surface area contributed by atoms with Crippen LogP contribution in [-0.4, -0.2) is 32.1 Å². The zero-order valence-corrected chi connectivity index (χ0v) is 12.1. The molecule has 1 aromatic rings. The van der Waals surface area contributed by atoms with Crippen molar-refractivity contribution in [2.75, 3.05) is 25.0 Å². The summed E-state index contributed by atoms with van der Waals surface area (Å²) in [5.41, 5.74) is 2.52. The normalized spacial score (nSPS) is 22.1. The molecule has 1 aromatic carbocycles. The van der Waals surface area contributed by atoms with Crippen LogP contribution in [-0.2, 0) is 4.79 Å². The summed E-state index contributed by atoms with van der Waals surface area (Å²) in [5.74, 6) is 0.158. The van der Waals surface area contributed by atoms with Crippen molar-refractivity contribution in [3.05, 3.63) is 29.8 Å². The Kier molecular flexibility index (Phi) is 3.92. The van der Waals surface area contributed by atoms with Crippen molar-refractivity contribution in [1.82, 2.24) is 10.6 Å². The van der Waals surface area contributed by atoms with Crippen LogP contribution in [0.3, 0.4) is 0 Å². The third-order valence-electron chi connectivity index (χ3n) is 4.20. The minimum atomic E-state index is 0.158. The van der Waals surface area contributed by atoms with E-state index >= 15 is 0 Å². The first-order chi connectivity index (χ1) is 9.78. The molecule has 1 saturated carbocycles. The fourth-order valence-electron chi connectivity index (χ4n) is 2.97. The summed E-state index contributed by atoms with van der Waals surface area (Å²) in [7, 11) is 2.01. The standard InChI is InChI=1S/C16H23N3O/c1-17-14-6-4-10-19(11-16(20)18-12-8-9-12)15-7-3-2-5-13(14)15/h2-3,5,7,12,14,17H,4,6,8-11H2,1H3,(H,18,20). The van der Waals surface area contributed by atoms with Crippen LogP contribution < -0.4 is 15.5 Å². The molecule has 2 N–H and O–H groups in total. The van der Waals surface area contributed by atoms with Crippen LogP contribution in [0.4, 0.5) is 5.69 Å². The number of anilines is 1. The van der Waals surface area contributed by atoms with E-state index in [9.17, 15) is 4.79 Å². The molecule has 2 aliphatic rings. The number of nitrogens with one attached hydrogen (secondary N) is 2. The van der Waals surface area contributed by atoms with Crippen molar-refractivity contribution in [3.8, 4) is 0 Å². The topological polar surface area (TPSA) is 44.4 Å². The van der Waals surface area contributed by atoms with Gasteiger partial charge in [0.2, 0.25) is 5.91 Å². The maximum atomic E-state index is 12.1. The molecule has 20 heavy (non-hydrogen) atoms. The summed E-state index contributed by atoms with van der Waals surface area (Å²) in [4.78, 5) is 14.3. The summed E-state index contributed by atoms with van der Waals surface area (Å²) in [6.45, 7) is 1.43. The molecule has 1 aliphatic heterocycles. The van der Waals surface area contributed by atoms with Crippen molar-refractivity contribution in [3.63, 3.8) is 0 Å². The van der Waals surface area contributed by atoms with E-state index in [2.05, 4.69) is 39.8 Å². The van der Waals surface area contributed by atoms with Crippen LogP contribution in [0.2, 0.25) is 0 Å². The molecule has 1 aliphatic carbocycles. The molecule has 0 aromatic heterocycles. The predicted octanol–water partition coefficient (Wildman–Crippen LogP) is 1.83. The summed E-state index contributed by atoms with van der Waals surface area (Å²) in [5, 5.41) is 6.47. The van der Waals surface area contributed by atoms with E-state index in [1.165, 1.54) is 11.3 Å². The Hall–Kier alpha value is -1.55. The second-order valence-electron chi connectivity index (χ2n) is 5.81. The van der Waals surface area contributed by atoms with E-state index in [-0.39, 0.29) is 5.91 Å². The number of amides is 1. The lowest BCUT2D eigenvalue weighted by Crippen LogP contribution is -2.38. The van der Waals surface area contributed by atoms with Crippen LogP contribution in [0.1, 0.15) is 37.3 Å². The minimum Gasteiger partial charge on any atom is -0.362 e. The average molecular weight is 273 g/mol. The summed E-state index contributed by atoms with van der Waals surface area (Å²) < 4.78 is 0. The summed E-state index contributed by atoms with van der Waals surface area (Å²) in [6, 6.07) is 9.28. The highest BCUT2D eigenvalue weighted by atomic mass is 16.2. The van der Waals surface area contributed by atoms with E-state index in [4.69, 9.17) is 0 Å². The van der Waals surface area contributed by atoms with Crippen LogP contribution in [0.15, 0.2) is 24.3 Å². The van der Waals surface area contributed by atoms with Crippen molar-refractivity contribution < 1.29 is 4.79 Å². The smallest absolute Gasteiger partial charge is 0.239 e. The number of carbonyl (C=O) groups excluding carboxylic acids is 1. The number of benzene rings is 1. The molecule has 1 fully saturated rings. The quantitative estimate of drug-likeness (QED) is 0.879. The van der Waals surface area contributed by atoms with Crippen LogP contribution in [0.25, 0.3) is 0 Å². The molecule has 0 bridgehead atoms. The first kappa shape index (κ1) is 13.4. The van der Waals surface area contributed by atoms with Gasteiger partial charge in [-0.25, -0.2) is 0 Å². The van der Waals surface area contributed by atoms with Gasteiger partial charge in [0, 0.05) is 24.3 Å². The number of nitrogens with zero attached hydrogens (tertiary/aromatic N) is 1. The number of carbonyl (C=O) groups is 1. The molecular formula is C16H23N3O.